The number of hydrogen-bond acceptors (Lipinski definition) is 2. The first-order valence-corrected chi connectivity index (χ1v) is 8.31. The van der Waals surface area contributed by atoms with E-state index in [4.69, 9.17) is 4.74 Å². The summed E-state index contributed by atoms with van der Waals surface area (Å²) in [6, 6.07) is 3.40. The second kappa shape index (κ2) is 5.50. The minimum atomic E-state index is -3.19. The third-order valence-corrected chi connectivity index (χ3v) is 5.43. The van der Waals surface area contributed by atoms with Crippen molar-refractivity contribution in [1.82, 2.24) is 0 Å². The molecule has 0 spiro atoms. The number of fused-ring (bicyclic) bond motifs is 3. The molecule has 1 heterocycles. The molecule has 2 nitrogen and oxygen atoms in total. The summed E-state index contributed by atoms with van der Waals surface area (Å²) >= 11 is 0. The Balaban J connectivity index is 2.13. The summed E-state index contributed by atoms with van der Waals surface area (Å²) in [5.41, 5.74) is 2.44. The maximum atomic E-state index is 14.4. The van der Waals surface area contributed by atoms with Crippen molar-refractivity contribution in [2.75, 3.05) is 0 Å². The fourth-order valence-electron chi connectivity index (χ4n) is 3.65. The number of benzene rings is 1. The van der Waals surface area contributed by atoms with Gasteiger partial charge in [0.05, 0.1) is 5.92 Å². The predicted octanol–water partition coefficient (Wildman–Crippen LogP) is 5.58. The average Bonchev–Trinajstić information content (AvgIpc) is 2.44. The van der Waals surface area contributed by atoms with Gasteiger partial charge in [0.1, 0.15) is 11.5 Å². The second-order valence-electron chi connectivity index (χ2n) is 7.33. The highest BCUT2D eigenvalue weighted by atomic mass is 19.3. The molecule has 0 saturated carbocycles. The van der Waals surface area contributed by atoms with Gasteiger partial charge in [-0.2, -0.15) is 8.78 Å². The molecule has 23 heavy (non-hydrogen) atoms. The molecule has 1 N–H and O–H groups in total. The van der Waals surface area contributed by atoms with Crippen molar-refractivity contribution in [3.8, 4) is 11.5 Å². The SMILES string of the molecule is CC1=CC2c3c(O)cc(C(C)C(C)C)cc3OC(F)(F)C2CC1. The van der Waals surface area contributed by atoms with Crippen molar-refractivity contribution in [3.63, 3.8) is 0 Å². The minimum absolute atomic E-state index is 0.0708. The molecule has 1 aliphatic carbocycles. The van der Waals surface area contributed by atoms with Gasteiger partial charge in [-0.25, -0.2) is 0 Å². The van der Waals surface area contributed by atoms with Gasteiger partial charge in [-0.15, -0.1) is 0 Å². The molecule has 1 aliphatic heterocycles. The number of halogens is 2. The van der Waals surface area contributed by atoms with Crippen LogP contribution in [0, 0.1) is 11.8 Å². The number of rotatable bonds is 2. The summed E-state index contributed by atoms with van der Waals surface area (Å²) in [5, 5.41) is 10.5. The number of alkyl halides is 2. The van der Waals surface area contributed by atoms with Crippen LogP contribution >= 0.6 is 0 Å². The van der Waals surface area contributed by atoms with Crippen LogP contribution in [0.1, 0.15) is 63.5 Å². The van der Waals surface area contributed by atoms with Gasteiger partial charge in [0.25, 0.3) is 0 Å². The zero-order valence-corrected chi connectivity index (χ0v) is 14.1. The van der Waals surface area contributed by atoms with Gasteiger partial charge < -0.3 is 9.84 Å². The summed E-state index contributed by atoms with van der Waals surface area (Å²) in [6.45, 7) is 8.12. The quantitative estimate of drug-likeness (QED) is 0.721. The van der Waals surface area contributed by atoms with Crippen molar-refractivity contribution in [1.29, 1.82) is 0 Å². The van der Waals surface area contributed by atoms with E-state index in [2.05, 4.69) is 13.8 Å². The lowest BCUT2D eigenvalue weighted by Crippen LogP contribution is -2.43. The van der Waals surface area contributed by atoms with E-state index in [0.29, 0.717) is 24.3 Å². The fraction of sp³-hybridized carbons (Fsp3) is 0.579. The molecule has 0 radical (unpaired) electrons. The normalized spacial score (nSPS) is 26.8. The molecule has 1 aromatic carbocycles. The smallest absolute Gasteiger partial charge is 0.401 e. The predicted molar refractivity (Wildman–Crippen MR) is 86.2 cm³/mol. The Labute approximate surface area is 136 Å². The standard InChI is InChI=1S/C19H24F2O2/c1-10(2)12(4)13-8-16(22)18-14-7-11(3)5-6-15(14)19(20,21)23-17(18)9-13/h7-10,12,14-15,22H,5-6H2,1-4H3. The zero-order valence-electron chi connectivity index (χ0n) is 14.1. The molecule has 3 atom stereocenters. The van der Waals surface area contributed by atoms with Crippen LogP contribution in [0.4, 0.5) is 8.78 Å². The van der Waals surface area contributed by atoms with Gasteiger partial charge in [-0.05, 0) is 49.3 Å². The number of aromatic hydroxyl groups is 1. The van der Waals surface area contributed by atoms with Gasteiger partial charge in [0, 0.05) is 11.5 Å². The first-order valence-electron chi connectivity index (χ1n) is 8.31. The number of phenolic OH excluding ortho intramolecular Hbond substituents is 1. The summed E-state index contributed by atoms with van der Waals surface area (Å²) in [4.78, 5) is 0. The molecule has 0 amide bonds. The number of allylic oxidation sites excluding steroid dienone is 2. The van der Waals surface area contributed by atoms with Crippen molar-refractivity contribution in [2.24, 2.45) is 11.8 Å². The molecule has 3 unspecified atom stereocenters. The lowest BCUT2D eigenvalue weighted by molar-refractivity contribution is -0.229. The van der Waals surface area contributed by atoms with Gasteiger partial charge in [0.2, 0.25) is 0 Å². The Morgan fingerprint density at radius 1 is 1.26 bits per heavy atom. The molecule has 4 heteroatoms. The molecule has 3 rings (SSSR count). The number of phenols is 1. The number of hydrogen-bond donors (Lipinski definition) is 1. The Bertz CT molecular complexity index is 649. The molecule has 0 saturated heterocycles. The van der Waals surface area contributed by atoms with Crippen molar-refractivity contribution in [3.05, 3.63) is 34.9 Å². The zero-order chi connectivity index (χ0) is 16.9. The maximum absolute atomic E-state index is 14.4. The van der Waals surface area contributed by atoms with E-state index in [1.165, 1.54) is 0 Å². The van der Waals surface area contributed by atoms with E-state index in [-0.39, 0.29) is 17.4 Å². The largest absolute Gasteiger partial charge is 0.507 e. The third-order valence-electron chi connectivity index (χ3n) is 5.43. The fourth-order valence-corrected chi connectivity index (χ4v) is 3.65. The summed E-state index contributed by atoms with van der Waals surface area (Å²) in [6.07, 6.45) is -0.294. The van der Waals surface area contributed by atoms with Crippen LogP contribution in [-0.4, -0.2) is 11.2 Å². The topological polar surface area (TPSA) is 29.5 Å². The van der Waals surface area contributed by atoms with Gasteiger partial charge >= 0.3 is 6.11 Å². The molecule has 0 fully saturated rings. The van der Waals surface area contributed by atoms with Crippen LogP contribution in [0.5, 0.6) is 11.5 Å². The van der Waals surface area contributed by atoms with Gasteiger partial charge in [-0.1, -0.05) is 32.4 Å². The summed E-state index contributed by atoms with van der Waals surface area (Å²) in [7, 11) is 0. The summed E-state index contributed by atoms with van der Waals surface area (Å²) in [5.74, 6) is -0.680. The minimum Gasteiger partial charge on any atom is -0.507 e. The van der Waals surface area contributed by atoms with Crippen LogP contribution in [0.15, 0.2) is 23.8 Å². The van der Waals surface area contributed by atoms with Gasteiger partial charge in [0.15, 0.2) is 0 Å². The van der Waals surface area contributed by atoms with E-state index in [0.717, 1.165) is 11.1 Å². The Hall–Kier alpha value is -1.58. The molecular weight excluding hydrogens is 298 g/mol. The molecule has 1 aromatic rings. The van der Waals surface area contributed by atoms with Crippen LogP contribution in [0.3, 0.4) is 0 Å². The second-order valence-corrected chi connectivity index (χ2v) is 7.33. The van der Waals surface area contributed by atoms with Gasteiger partial charge in [-0.3, -0.25) is 0 Å². The van der Waals surface area contributed by atoms with E-state index in [9.17, 15) is 13.9 Å². The number of ether oxygens (including phenoxy) is 1. The van der Waals surface area contributed by atoms with E-state index < -0.39 is 17.9 Å². The highest BCUT2D eigenvalue weighted by Crippen LogP contribution is 2.55. The van der Waals surface area contributed by atoms with Crippen molar-refractivity contribution < 1.29 is 18.6 Å². The van der Waals surface area contributed by atoms with E-state index in [1.807, 2.05) is 19.9 Å². The molecular formula is C19H24F2O2. The first kappa shape index (κ1) is 16.3. The molecule has 2 aliphatic rings. The lowest BCUT2D eigenvalue weighted by atomic mass is 9.74. The summed E-state index contributed by atoms with van der Waals surface area (Å²) < 4.78 is 33.9. The average molecular weight is 322 g/mol. The third kappa shape index (κ3) is 2.73. The maximum Gasteiger partial charge on any atom is 0.401 e. The monoisotopic (exact) mass is 322 g/mol. The van der Waals surface area contributed by atoms with Crippen LogP contribution in [0.25, 0.3) is 0 Å². The lowest BCUT2D eigenvalue weighted by Gasteiger charge is -2.40. The molecule has 0 aromatic heterocycles. The Morgan fingerprint density at radius 2 is 1.96 bits per heavy atom. The van der Waals surface area contributed by atoms with E-state index in [1.54, 1.807) is 12.1 Å². The Morgan fingerprint density at radius 3 is 2.61 bits per heavy atom. The Kier molecular flexibility index (Phi) is 3.89. The highest BCUT2D eigenvalue weighted by Gasteiger charge is 2.52. The molecule has 0 bridgehead atoms. The van der Waals surface area contributed by atoms with Crippen LogP contribution in [0.2, 0.25) is 0 Å². The van der Waals surface area contributed by atoms with Crippen LogP contribution < -0.4 is 4.74 Å². The first-order chi connectivity index (χ1) is 10.7. The van der Waals surface area contributed by atoms with E-state index >= 15 is 0 Å². The van der Waals surface area contributed by atoms with Crippen LogP contribution in [-0.2, 0) is 0 Å². The highest BCUT2D eigenvalue weighted by molar-refractivity contribution is 5.54. The molecule has 126 valence electrons. The van der Waals surface area contributed by atoms with Crippen molar-refractivity contribution >= 4 is 0 Å². The van der Waals surface area contributed by atoms with Crippen molar-refractivity contribution in [2.45, 2.75) is 58.5 Å².